The molecule has 5 heteroatoms. The zero-order chi connectivity index (χ0) is 16.9. The summed E-state index contributed by atoms with van der Waals surface area (Å²) in [6, 6.07) is 7.03. The number of hydrogen-bond donors (Lipinski definition) is 2. The predicted octanol–water partition coefficient (Wildman–Crippen LogP) is 2.29. The number of Topliss-reactive ketones (excluding diaryl/α,β-unsaturated/α-hetero) is 1. The van der Waals surface area contributed by atoms with Crippen LogP contribution in [0.5, 0.6) is 5.75 Å². The number of carbonyl (C=O) groups is 2. The molecule has 1 aromatic carbocycles. The maximum atomic E-state index is 12.1. The van der Waals surface area contributed by atoms with Crippen LogP contribution in [0.15, 0.2) is 24.3 Å². The summed E-state index contributed by atoms with van der Waals surface area (Å²) in [4.78, 5) is 24.1. The zero-order valence-electron chi connectivity index (χ0n) is 13.9. The molecule has 1 fully saturated rings. The lowest BCUT2D eigenvalue weighted by Crippen LogP contribution is -2.53. The first-order valence-electron chi connectivity index (χ1n) is 8.17. The molecule has 1 aliphatic carbocycles. The second-order valence-corrected chi connectivity index (χ2v) is 6.45. The van der Waals surface area contributed by atoms with Gasteiger partial charge in [-0.2, -0.15) is 0 Å². The normalized spacial score (nSPS) is 16.5. The Morgan fingerprint density at radius 2 is 1.91 bits per heavy atom. The average Bonchev–Trinajstić information content (AvgIpc) is 3.40. The molecular formula is C18H26N2O3. The smallest absolute Gasteiger partial charge is 0.220 e. The van der Waals surface area contributed by atoms with Crippen LogP contribution in [-0.4, -0.2) is 30.9 Å². The summed E-state index contributed by atoms with van der Waals surface area (Å²) in [5, 5.41) is 3.04. The molecule has 1 unspecified atom stereocenters. The number of hydrogen-bond acceptors (Lipinski definition) is 4. The van der Waals surface area contributed by atoms with Gasteiger partial charge >= 0.3 is 0 Å². The van der Waals surface area contributed by atoms with Crippen molar-refractivity contribution in [2.24, 2.45) is 11.7 Å². The van der Waals surface area contributed by atoms with E-state index < -0.39 is 0 Å². The molecule has 3 N–H and O–H groups in total. The van der Waals surface area contributed by atoms with Gasteiger partial charge in [-0.1, -0.05) is 0 Å². The van der Waals surface area contributed by atoms with Crippen LogP contribution in [-0.2, 0) is 4.79 Å². The van der Waals surface area contributed by atoms with Crippen molar-refractivity contribution in [3.8, 4) is 5.75 Å². The molecule has 2 rings (SSSR count). The van der Waals surface area contributed by atoms with Gasteiger partial charge in [0.15, 0.2) is 5.78 Å². The lowest BCUT2D eigenvalue weighted by molar-refractivity contribution is -0.123. The molecule has 0 heterocycles. The Bertz CT molecular complexity index is 552. The minimum atomic E-state index is -0.295. The van der Waals surface area contributed by atoms with Crippen LogP contribution in [0.3, 0.4) is 0 Å². The SMILES string of the molecule is COc1ccc(C(=O)CCCC(=O)NC(C)(CN)C2CC2)cc1. The van der Waals surface area contributed by atoms with Crippen molar-refractivity contribution < 1.29 is 14.3 Å². The van der Waals surface area contributed by atoms with Crippen molar-refractivity contribution >= 4 is 11.7 Å². The third-order valence-electron chi connectivity index (χ3n) is 4.55. The Hall–Kier alpha value is -1.88. The molecule has 5 nitrogen and oxygen atoms in total. The number of amides is 1. The number of ether oxygens (including phenoxy) is 1. The second kappa shape index (κ2) is 7.59. The van der Waals surface area contributed by atoms with Gasteiger partial charge in [-0.15, -0.1) is 0 Å². The van der Waals surface area contributed by atoms with Crippen LogP contribution in [0.1, 0.15) is 49.4 Å². The fourth-order valence-electron chi connectivity index (χ4n) is 2.75. The molecule has 23 heavy (non-hydrogen) atoms. The van der Waals surface area contributed by atoms with Gasteiger partial charge in [-0.25, -0.2) is 0 Å². The van der Waals surface area contributed by atoms with Gasteiger partial charge in [0, 0.05) is 24.9 Å². The molecule has 0 aromatic heterocycles. The summed E-state index contributed by atoms with van der Waals surface area (Å²) in [7, 11) is 1.59. The average molecular weight is 318 g/mol. The molecule has 0 spiro atoms. The fraction of sp³-hybridized carbons (Fsp3) is 0.556. The lowest BCUT2D eigenvalue weighted by Gasteiger charge is -2.29. The van der Waals surface area contributed by atoms with E-state index in [0.717, 1.165) is 18.6 Å². The van der Waals surface area contributed by atoms with Gasteiger partial charge in [0.2, 0.25) is 5.91 Å². The number of carbonyl (C=O) groups excluding carboxylic acids is 2. The molecule has 1 aromatic rings. The largest absolute Gasteiger partial charge is 0.497 e. The highest BCUT2D eigenvalue weighted by molar-refractivity contribution is 5.96. The van der Waals surface area contributed by atoms with E-state index in [1.54, 1.807) is 31.4 Å². The summed E-state index contributed by atoms with van der Waals surface area (Å²) in [5.74, 6) is 1.25. The number of nitrogens with one attached hydrogen (secondary N) is 1. The van der Waals surface area contributed by atoms with Gasteiger partial charge in [0.1, 0.15) is 5.75 Å². The number of ketones is 1. The first kappa shape index (κ1) is 17.5. The molecule has 126 valence electrons. The molecule has 0 radical (unpaired) electrons. The van der Waals surface area contributed by atoms with E-state index in [0.29, 0.717) is 37.3 Å². The predicted molar refractivity (Wildman–Crippen MR) is 89.5 cm³/mol. The topological polar surface area (TPSA) is 81.4 Å². The Morgan fingerprint density at radius 1 is 1.26 bits per heavy atom. The molecule has 1 aliphatic rings. The monoisotopic (exact) mass is 318 g/mol. The number of nitrogens with two attached hydrogens (primary N) is 1. The highest BCUT2D eigenvalue weighted by Gasteiger charge is 2.41. The summed E-state index contributed by atoms with van der Waals surface area (Å²) in [5.41, 5.74) is 6.15. The Labute approximate surface area is 137 Å². The third-order valence-corrected chi connectivity index (χ3v) is 4.55. The van der Waals surface area contributed by atoms with E-state index in [2.05, 4.69) is 5.32 Å². The molecule has 0 aliphatic heterocycles. The van der Waals surface area contributed by atoms with E-state index in [1.165, 1.54) is 0 Å². The highest BCUT2D eigenvalue weighted by Crippen LogP contribution is 2.39. The van der Waals surface area contributed by atoms with E-state index in [9.17, 15) is 9.59 Å². The third kappa shape index (κ3) is 4.79. The molecule has 0 bridgehead atoms. The van der Waals surface area contributed by atoms with Crippen LogP contribution < -0.4 is 15.8 Å². The maximum absolute atomic E-state index is 12.1. The van der Waals surface area contributed by atoms with Crippen molar-refractivity contribution in [2.45, 2.75) is 44.6 Å². The van der Waals surface area contributed by atoms with Crippen LogP contribution in [0.4, 0.5) is 0 Å². The first-order valence-corrected chi connectivity index (χ1v) is 8.17. The van der Waals surface area contributed by atoms with E-state index in [-0.39, 0.29) is 17.2 Å². The zero-order valence-corrected chi connectivity index (χ0v) is 13.9. The van der Waals surface area contributed by atoms with Crippen LogP contribution in [0.25, 0.3) is 0 Å². The molecule has 1 atom stereocenters. The van der Waals surface area contributed by atoms with Crippen molar-refractivity contribution in [3.63, 3.8) is 0 Å². The summed E-state index contributed by atoms with van der Waals surface area (Å²) >= 11 is 0. The standard InChI is InChI=1S/C18H26N2O3/c1-18(12-19,14-8-9-14)20-17(22)5-3-4-16(21)13-6-10-15(23-2)11-7-13/h6-7,10-11,14H,3-5,8-9,12,19H2,1-2H3,(H,20,22). The van der Waals surface area contributed by atoms with Crippen molar-refractivity contribution in [2.75, 3.05) is 13.7 Å². The number of rotatable bonds is 9. The van der Waals surface area contributed by atoms with Crippen molar-refractivity contribution in [1.82, 2.24) is 5.32 Å². The van der Waals surface area contributed by atoms with Gasteiger partial charge in [0.25, 0.3) is 0 Å². The van der Waals surface area contributed by atoms with Gasteiger partial charge in [-0.3, -0.25) is 9.59 Å². The highest BCUT2D eigenvalue weighted by atomic mass is 16.5. The maximum Gasteiger partial charge on any atom is 0.220 e. The summed E-state index contributed by atoms with van der Waals surface area (Å²) in [6.07, 6.45) is 3.52. The molecule has 1 amide bonds. The Balaban J connectivity index is 1.75. The fourth-order valence-corrected chi connectivity index (χ4v) is 2.75. The number of benzene rings is 1. The van der Waals surface area contributed by atoms with Crippen molar-refractivity contribution in [3.05, 3.63) is 29.8 Å². The van der Waals surface area contributed by atoms with Gasteiger partial charge in [-0.05, 0) is 56.4 Å². The van der Waals surface area contributed by atoms with E-state index in [4.69, 9.17) is 10.5 Å². The summed E-state index contributed by atoms with van der Waals surface area (Å²) < 4.78 is 5.07. The molecule has 1 saturated carbocycles. The quantitative estimate of drug-likeness (QED) is 0.685. The Morgan fingerprint density at radius 3 is 2.43 bits per heavy atom. The summed E-state index contributed by atoms with van der Waals surface area (Å²) in [6.45, 7) is 2.46. The number of methoxy groups -OCH3 is 1. The molecular weight excluding hydrogens is 292 g/mol. The minimum Gasteiger partial charge on any atom is -0.497 e. The van der Waals surface area contributed by atoms with E-state index in [1.807, 2.05) is 6.92 Å². The van der Waals surface area contributed by atoms with Crippen molar-refractivity contribution in [1.29, 1.82) is 0 Å². The van der Waals surface area contributed by atoms with Crippen LogP contribution >= 0.6 is 0 Å². The Kier molecular flexibility index (Phi) is 5.77. The van der Waals surface area contributed by atoms with Gasteiger partial charge in [0.05, 0.1) is 12.6 Å². The van der Waals surface area contributed by atoms with Gasteiger partial charge < -0.3 is 15.8 Å². The minimum absolute atomic E-state index is 0.0209. The van der Waals surface area contributed by atoms with E-state index >= 15 is 0 Å². The van der Waals surface area contributed by atoms with Crippen LogP contribution in [0.2, 0.25) is 0 Å². The van der Waals surface area contributed by atoms with Crippen LogP contribution in [0, 0.1) is 5.92 Å². The second-order valence-electron chi connectivity index (χ2n) is 6.45. The lowest BCUT2D eigenvalue weighted by atomic mass is 9.95. The first-order chi connectivity index (χ1) is 11.0. The molecule has 0 saturated heterocycles.